The van der Waals surface area contributed by atoms with Crippen LogP contribution in [-0.2, 0) is 33.8 Å². The Morgan fingerprint density at radius 1 is 1.09 bits per heavy atom. The molecule has 9 nitrogen and oxygen atoms in total. The number of aliphatic hydroxyl groups is 1. The number of rotatable bonds is 10. The minimum Gasteiger partial charge on any atom is -0.489 e. The first-order valence-electron chi connectivity index (χ1n) is 16.0. The van der Waals surface area contributed by atoms with E-state index < -0.39 is 24.1 Å². The molecule has 2 N–H and O–H groups in total. The first kappa shape index (κ1) is 31.7. The molecule has 1 aliphatic carbocycles. The molecule has 3 aliphatic rings. The van der Waals surface area contributed by atoms with Crippen LogP contribution in [0.15, 0.2) is 66.7 Å². The van der Waals surface area contributed by atoms with Crippen molar-refractivity contribution in [1.82, 2.24) is 10.2 Å². The fraction of sp³-hybridized carbons (Fsp3) is 0.432. The van der Waals surface area contributed by atoms with Gasteiger partial charge in [0.25, 0.3) is 0 Å². The second kappa shape index (κ2) is 12.9. The number of likely N-dealkylation sites (N-methyl/N-ethyl adjacent to an activating group) is 1. The smallest absolute Gasteiger partial charge is 0.238 e. The minimum absolute atomic E-state index is 0.0706. The van der Waals surface area contributed by atoms with Crippen LogP contribution in [0.3, 0.4) is 0 Å². The van der Waals surface area contributed by atoms with Gasteiger partial charge in [0.15, 0.2) is 0 Å². The molecule has 1 saturated carbocycles. The molecular formula is C37H42N4O5. The van der Waals surface area contributed by atoms with Crippen LogP contribution in [0.4, 0.5) is 5.69 Å². The number of amides is 2. The topological polar surface area (TPSA) is 115 Å². The fourth-order valence-corrected chi connectivity index (χ4v) is 7.06. The molecule has 2 bridgehead atoms. The van der Waals surface area contributed by atoms with E-state index in [0.717, 1.165) is 52.8 Å². The minimum atomic E-state index is -1.20. The molecule has 2 amide bonds. The second-order valence-electron chi connectivity index (χ2n) is 13.6. The van der Waals surface area contributed by atoms with Crippen molar-refractivity contribution in [3.05, 3.63) is 83.4 Å². The quantitative estimate of drug-likeness (QED) is 0.308. The lowest BCUT2D eigenvalue weighted by atomic mass is 9.96. The molecule has 3 aromatic rings. The highest BCUT2D eigenvalue weighted by Crippen LogP contribution is 2.44. The summed E-state index contributed by atoms with van der Waals surface area (Å²) in [4.78, 5) is 29.5. The van der Waals surface area contributed by atoms with Gasteiger partial charge in [-0.1, -0.05) is 54.6 Å². The Hall–Kier alpha value is -4.23. The molecule has 3 aromatic carbocycles. The molecule has 5 atom stereocenters. The predicted molar refractivity (Wildman–Crippen MR) is 175 cm³/mol. The molecular weight excluding hydrogens is 580 g/mol. The van der Waals surface area contributed by atoms with Crippen molar-refractivity contribution in [1.29, 1.82) is 5.26 Å². The number of aliphatic hydroxyl groups excluding tert-OH is 1. The summed E-state index contributed by atoms with van der Waals surface area (Å²) < 4.78 is 12.2. The van der Waals surface area contributed by atoms with Crippen LogP contribution in [0.25, 0.3) is 11.1 Å². The van der Waals surface area contributed by atoms with Crippen molar-refractivity contribution in [2.75, 3.05) is 11.9 Å². The van der Waals surface area contributed by atoms with E-state index in [0.29, 0.717) is 18.8 Å². The molecule has 2 unspecified atom stereocenters. The van der Waals surface area contributed by atoms with Gasteiger partial charge in [-0.2, -0.15) is 5.26 Å². The van der Waals surface area contributed by atoms with Gasteiger partial charge in [0.1, 0.15) is 18.4 Å². The molecule has 2 fully saturated rings. The third kappa shape index (κ3) is 6.66. The molecule has 0 aromatic heterocycles. The maximum atomic E-state index is 13.7. The lowest BCUT2D eigenvalue weighted by molar-refractivity contribution is -0.254. The van der Waals surface area contributed by atoms with E-state index in [9.17, 15) is 20.0 Å². The summed E-state index contributed by atoms with van der Waals surface area (Å²) in [6.07, 6.45) is 2.09. The number of fused-ring (bicyclic) bond motifs is 3. The van der Waals surface area contributed by atoms with Gasteiger partial charge in [-0.05, 0) is 85.9 Å². The zero-order valence-corrected chi connectivity index (χ0v) is 26.9. The van der Waals surface area contributed by atoms with E-state index in [1.807, 2.05) is 87.5 Å². The van der Waals surface area contributed by atoms with Gasteiger partial charge in [0.2, 0.25) is 18.2 Å². The Bertz CT molecular complexity index is 1650. The standard InChI is InChI=1S/C37H42N4O5/c1-37(2,3)46-36(44)41-30-15-14-28(17-30)34(41)35(43)39-29(21-38)16-27-13-11-25(19-32(27)45-22-23-8-6-5-7-9-23)24-10-12-26-20-33(42)40(4)31(26)18-24/h5-13,18-19,28-30,34,36,44H,14-17,20,22H2,1-4H3,(H,39,43)/t28-,29?,30+,34-,36?/m0/s1. The third-order valence-electron chi connectivity index (χ3n) is 9.31. The van der Waals surface area contributed by atoms with Crippen molar-refractivity contribution in [2.24, 2.45) is 5.92 Å². The van der Waals surface area contributed by atoms with Crippen molar-refractivity contribution >= 4 is 17.5 Å². The summed E-state index contributed by atoms with van der Waals surface area (Å²) in [6, 6.07) is 22.8. The Balaban J connectivity index is 1.23. The average molecular weight is 623 g/mol. The van der Waals surface area contributed by atoms with Crippen LogP contribution in [0.5, 0.6) is 5.75 Å². The number of piperidine rings is 1. The summed E-state index contributed by atoms with van der Waals surface area (Å²) in [7, 11) is 1.79. The zero-order chi connectivity index (χ0) is 32.6. The van der Waals surface area contributed by atoms with Crippen LogP contribution in [0.1, 0.15) is 56.7 Å². The Labute approximate surface area is 270 Å². The van der Waals surface area contributed by atoms with Gasteiger partial charge in [0.05, 0.1) is 24.1 Å². The number of nitrogens with one attached hydrogen (secondary N) is 1. The lowest BCUT2D eigenvalue weighted by Gasteiger charge is -2.39. The highest BCUT2D eigenvalue weighted by atomic mass is 16.6. The zero-order valence-electron chi connectivity index (χ0n) is 26.9. The number of likely N-dealkylation sites (tertiary alicyclic amines) is 1. The normalized spacial score (nSPS) is 22.0. The van der Waals surface area contributed by atoms with E-state index in [2.05, 4.69) is 11.4 Å². The Morgan fingerprint density at radius 2 is 1.83 bits per heavy atom. The molecule has 2 heterocycles. The number of nitrogens with zero attached hydrogens (tertiary/aromatic N) is 3. The highest BCUT2D eigenvalue weighted by Gasteiger charge is 2.52. The number of carbonyl (C=O) groups excluding carboxylic acids is 2. The predicted octanol–water partition coefficient (Wildman–Crippen LogP) is 4.95. The Morgan fingerprint density at radius 3 is 2.57 bits per heavy atom. The van der Waals surface area contributed by atoms with E-state index in [4.69, 9.17) is 9.47 Å². The molecule has 46 heavy (non-hydrogen) atoms. The van der Waals surface area contributed by atoms with Gasteiger partial charge < -0.3 is 24.8 Å². The first-order valence-corrected chi connectivity index (χ1v) is 16.0. The van der Waals surface area contributed by atoms with Gasteiger partial charge >= 0.3 is 0 Å². The third-order valence-corrected chi connectivity index (χ3v) is 9.31. The molecule has 9 heteroatoms. The summed E-state index contributed by atoms with van der Waals surface area (Å²) in [6.45, 7) is 5.96. The maximum absolute atomic E-state index is 13.7. The average Bonchev–Trinajstić information content (AvgIpc) is 3.73. The fourth-order valence-electron chi connectivity index (χ4n) is 7.06. The number of nitriles is 1. The van der Waals surface area contributed by atoms with Gasteiger partial charge in [-0.15, -0.1) is 0 Å². The highest BCUT2D eigenvalue weighted by molar-refractivity contribution is 6.01. The molecule has 2 aliphatic heterocycles. The van der Waals surface area contributed by atoms with Crippen molar-refractivity contribution in [3.63, 3.8) is 0 Å². The van der Waals surface area contributed by atoms with Gasteiger partial charge in [-0.25, -0.2) is 4.90 Å². The van der Waals surface area contributed by atoms with Crippen LogP contribution < -0.4 is 15.0 Å². The molecule has 0 spiro atoms. The Kier molecular flexibility index (Phi) is 8.88. The van der Waals surface area contributed by atoms with E-state index in [1.54, 1.807) is 16.8 Å². The molecule has 1 saturated heterocycles. The number of benzene rings is 3. The van der Waals surface area contributed by atoms with Crippen LogP contribution in [-0.4, -0.2) is 59.0 Å². The van der Waals surface area contributed by atoms with E-state index >= 15 is 0 Å². The first-order chi connectivity index (χ1) is 22.0. The molecule has 0 radical (unpaired) electrons. The summed E-state index contributed by atoms with van der Waals surface area (Å²) in [5.41, 5.74) is 5.01. The van der Waals surface area contributed by atoms with Gasteiger partial charge in [-0.3, -0.25) is 9.59 Å². The van der Waals surface area contributed by atoms with Crippen LogP contribution in [0.2, 0.25) is 0 Å². The van der Waals surface area contributed by atoms with Crippen molar-refractivity contribution < 1.29 is 24.2 Å². The number of ether oxygens (including phenoxy) is 2. The van der Waals surface area contributed by atoms with Gasteiger partial charge in [0, 0.05) is 25.2 Å². The lowest BCUT2D eigenvalue weighted by Crippen LogP contribution is -2.57. The molecule has 6 rings (SSSR count). The number of anilines is 1. The second-order valence-corrected chi connectivity index (χ2v) is 13.6. The van der Waals surface area contributed by atoms with Crippen molar-refractivity contribution in [3.8, 4) is 22.9 Å². The number of hydrogen-bond acceptors (Lipinski definition) is 7. The molecule has 240 valence electrons. The number of carbonyl (C=O) groups is 2. The number of hydrogen-bond donors (Lipinski definition) is 2. The largest absolute Gasteiger partial charge is 0.489 e. The maximum Gasteiger partial charge on any atom is 0.238 e. The summed E-state index contributed by atoms with van der Waals surface area (Å²) >= 11 is 0. The van der Waals surface area contributed by atoms with E-state index in [-0.39, 0.29) is 30.2 Å². The van der Waals surface area contributed by atoms with Crippen molar-refractivity contribution in [2.45, 2.75) is 89.6 Å². The SMILES string of the molecule is CN1C(=O)Cc2ccc(-c3ccc(CC(C#N)NC(=O)[C@@H]4[C@H]5CC[C@H](C5)N4C(O)OC(C)(C)C)c(OCc4ccccc4)c3)cc21. The summed E-state index contributed by atoms with van der Waals surface area (Å²) in [5.74, 6) is 0.531. The van der Waals surface area contributed by atoms with Crippen LogP contribution >= 0.6 is 0 Å². The monoisotopic (exact) mass is 622 g/mol. The van der Waals surface area contributed by atoms with Crippen LogP contribution in [0, 0.1) is 17.2 Å². The van der Waals surface area contributed by atoms with E-state index in [1.165, 1.54) is 0 Å². The summed E-state index contributed by atoms with van der Waals surface area (Å²) in [5, 5.41) is 24.1.